The zero-order chi connectivity index (χ0) is 10.2. The van der Waals surface area contributed by atoms with Gasteiger partial charge in [-0.1, -0.05) is 12.5 Å². The summed E-state index contributed by atoms with van der Waals surface area (Å²) < 4.78 is 0. The number of allylic oxidation sites excluding steroid dienone is 1. The van der Waals surface area contributed by atoms with Crippen molar-refractivity contribution in [3.05, 3.63) is 12.7 Å². The number of rotatable bonds is 6. The van der Waals surface area contributed by atoms with Crippen LogP contribution in [-0.4, -0.2) is 24.0 Å². The molecule has 1 unspecified atom stereocenters. The lowest BCUT2D eigenvalue weighted by atomic mass is 10.2. The zero-order valence-corrected chi connectivity index (χ0v) is 8.91. The van der Waals surface area contributed by atoms with Crippen molar-refractivity contribution in [3.8, 4) is 6.07 Å². The summed E-state index contributed by atoms with van der Waals surface area (Å²) in [7, 11) is 0. The molecule has 0 aromatic carbocycles. The molecule has 0 bridgehead atoms. The van der Waals surface area contributed by atoms with Gasteiger partial charge >= 0.3 is 0 Å². The highest BCUT2D eigenvalue weighted by molar-refractivity contribution is 4.95. The average molecular weight is 192 g/mol. The van der Waals surface area contributed by atoms with Crippen LogP contribution in [0.4, 0.5) is 0 Å². The Morgan fingerprint density at radius 1 is 1.43 bits per heavy atom. The molecule has 0 aromatic heterocycles. The fourth-order valence-corrected chi connectivity index (χ4v) is 2.02. The van der Waals surface area contributed by atoms with E-state index < -0.39 is 0 Å². The molecule has 0 amide bonds. The largest absolute Gasteiger partial charge is 0.288 e. The van der Waals surface area contributed by atoms with Crippen LogP contribution in [0, 0.1) is 11.3 Å². The first kappa shape index (κ1) is 11.3. The standard InChI is InChI=1S/C12H20N2/c1-2-3-4-5-6-9-14-10-7-8-12(14)11-13/h2,12H,1,3-10H2. The van der Waals surface area contributed by atoms with Crippen LogP contribution in [0.25, 0.3) is 0 Å². The van der Waals surface area contributed by atoms with Gasteiger partial charge in [0.25, 0.3) is 0 Å². The minimum Gasteiger partial charge on any atom is -0.288 e. The van der Waals surface area contributed by atoms with Crippen molar-refractivity contribution < 1.29 is 0 Å². The molecule has 0 N–H and O–H groups in total. The summed E-state index contributed by atoms with van der Waals surface area (Å²) in [6.45, 7) is 5.94. The van der Waals surface area contributed by atoms with Gasteiger partial charge in [0.1, 0.15) is 0 Å². The van der Waals surface area contributed by atoms with Gasteiger partial charge in [-0.25, -0.2) is 0 Å². The van der Waals surface area contributed by atoms with Gasteiger partial charge < -0.3 is 0 Å². The van der Waals surface area contributed by atoms with Crippen molar-refractivity contribution in [1.82, 2.24) is 4.90 Å². The fourth-order valence-electron chi connectivity index (χ4n) is 2.02. The lowest BCUT2D eigenvalue weighted by Gasteiger charge is -2.18. The summed E-state index contributed by atoms with van der Waals surface area (Å²) in [6, 6.07) is 2.58. The molecule has 14 heavy (non-hydrogen) atoms. The molecule has 78 valence electrons. The van der Waals surface area contributed by atoms with Gasteiger partial charge in [-0.15, -0.1) is 6.58 Å². The first-order valence-corrected chi connectivity index (χ1v) is 5.63. The van der Waals surface area contributed by atoms with Crippen molar-refractivity contribution in [1.29, 1.82) is 5.26 Å². The van der Waals surface area contributed by atoms with Gasteiger partial charge in [0.2, 0.25) is 0 Å². The maximum absolute atomic E-state index is 8.87. The van der Waals surface area contributed by atoms with Gasteiger partial charge in [0.05, 0.1) is 12.1 Å². The molecule has 1 heterocycles. The topological polar surface area (TPSA) is 27.0 Å². The van der Waals surface area contributed by atoms with E-state index in [-0.39, 0.29) is 6.04 Å². The van der Waals surface area contributed by atoms with Crippen molar-refractivity contribution in [2.75, 3.05) is 13.1 Å². The Hall–Kier alpha value is -0.810. The summed E-state index contributed by atoms with van der Waals surface area (Å²) in [5, 5.41) is 8.87. The minimum absolute atomic E-state index is 0.203. The van der Waals surface area contributed by atoms with Gasteiger partial charge in [0.15, 0.2) is 0 Å². The van der Waals surface area contributed by atoms with E-state index in [4.69, 9.17) is 5.26 Å². The smallest absolute Gasteiger partial charge is 0.0978 e. The van der Waals surface area contributed by atoms with E-state index >= 15 is 0 Å². The molecule has 2 nitrogen and oxygen atoms in total. The second-order valence-electron chi connectivity index (χ2n) is 3.96. The quantitative estimate of drug-likeness (QED) is 0.478. The van der Waals surface area contributed by atoms with Crippen LogP contribution in [0.15, 0.2) is 12.7 Å². The van der Waals surface area contributed by atoms with Crippen LogP contribution in [0.5, 0.6) is 0 Å². The van der Waals surface area contributed by atoms with E-state index in [1.165, 1.54) is 25.7 Å². The average Bonchev–Trinajstić information content (AvgIpc) is 2.65. The molecule has 0 saturated carbocycles. The molecule has 1 aliphatic rings. The predicted molar refractivity (Wildman–Crippen MR) is 58.9 cm³/mol. The number of nitrogens with zero attached hydrogens (tertiary/aromatic N) is 2. The minimum atomic E-state index is 0.203. The third kappa shape index (κ3) is 3.51. The predicted octanol–water partition coefficient (Wildman–Crippen LogP) is 2.72. The van der Waals surface area contributed by atoms with Crippen LogP contribution in [0.2, 0.25) is 0 Å². The van der Waals surface area contributed by atoms with Crippen LogP contribution < -0.4 is 0 Å². The Morgan fingerprint density at radius 3 is 3.00 bits per heavy atom. The highest BCUT2D eigenvalue weighted by atomic mass is 15.2. The number of likely N-dealkylation sites (tertiary alicyclic amines) is 1. The molecule has 1 saturated heterocycles. The highest BCUT2D eigenvalue weighted by Crippen LogP contribution is 2.17. The fraction of sp³-hybridized carbons (Fsp3) is 0.750. The summed E-state index contributed by atoms with van der Waals surface area (Å²) in [6.07, 6.45) is 9.12. The first-order chi connectivity index (χ1) is 6.88. The third-order valence-electron chi connectivity index (χ3n) is 2.87. The molecular weight excluding hydrogens is 172 g/mol. The summed E-state index contributed by atoms with van der Waals surface area (Å²) >= 11 is 0. The van der Waals surface area contributed by atoms with Crippen LogP contribution >= 0.6 is 0 Å². The van der Waals surface area contributed by atoms with E-state index in [0.717, 1.165) is 25.9 Å². The van der Waals surface area contributed by atoms with Gasteiger partial charge in [-0.3, -0.25) is 4.90 Å². The van der Waals surface area contributed by atoms with Crippen molar-refractivity contribution in [2.24, 2.45) is 0 Å². The zero-order valence-electron chi connectivity index (χ0n) is 8.91. The van der Waals surface area contributed by atoms with Crippen molar-refractivity contribution >= 4 is 0 Å². The normalized spacial score (nSPS) is 22.1. The summed E-state index contributed by atoms with van der Waals surface area (Å²) in [5.41, 5.74) is 0. The van der Waals surface area contributed by atoms with E-state index in [2.05, 4.69) is 17.5 Å². The Kier molecular flexibility index (Phi) is 5.32. The molecule has 2 heteroatoms. The van der Waals surface area contributed by atoms with Crippen molar-refractivity contribution in [3.63, 3.8) is 0 Å². The van der Waals surface area contributed by atoms with E-state index in [0.29, 0.717) is 0 Å². The van der Waals surface area contributed by atoms with Crippen molar-refractivity contribution in [2.45, 2.75) is 44.6 Å². The molecule has 1 rings (SSSR count). The lowest BCUT2D eigenvalue weighted by molar-refractivity contribution is 0.287. The molecule has 0 aliphatic carbocycles. The van der Waals surface area contributed by atoms with Crippen LogP contribution in [0.1, 0.15) is 38.5 Å². The molecule has 1 aliphatic heterocycles. The van der Waals surface area contributed by atoms with Crippen LogP contribution in [-0.2, 0) is 0 Å². The number of nitriles is 1. The molecule has 0 aromatic rings. The Balaban J connectivity index is 2.06. The van der Waals surface area contributed by atoms with Gasteiger partial charge in [0, 0.05) is 0 Å². The Bertz CT molecular complexity index is 205. The summed E-state index contributed by atoms with van der Waals surface area (Å²) in [4.78, 5) is 2.33. The molecule has 1 atom stereocenters. The monoisotopic (exact) mass is 192 g/mol. The van der Waals surface area contributed by atoms with E-state index in [1.54, 1.807) is 0 Å². The second-order valence-corrected chi connectivity index (χ2v) is 3.96. The van der Waals surface area contributed by atoms with E-state index in [1.807, 2.05) is 6.08 Å². The van der Waals surface area contributed by atoms with Gasteiger partial charge in [-0.2, -0.15) is 5.26 Å². The number of hydrogen-bond donors (Lipinski definition) is 0. The molecule has 0 radical (unpaired) electrons. The van der Waals surface area contributed by atoms with Crippen LogP contribution in [0.3, 0.4) is 0 Å². The highest BCUT2D eigenvalue weighted by Gasteiger charge is 2.22. The lowest BCUT2D eigenvalue weighted by Crippen LogP contribution is -2.28. The Labute approximate surface area is 87.2 Å². The molecular formula is C12H20N2. The molecule has 1 fully saturated rings. The Morgan fingerprint density at radius 2 is 2.29 bits per heavy atom. The SMILES string of the molecule is C=CCCCCCN1CCCC1C#N. The number of hydrogen-bond acceptors (Lipinski definition) is 2. The number of unbranched alkanes of at least 4 members (excludes halogenated alkanes) is 3. The van der Waals surface area contributed by atoms with Gasteiger partial charge in [-0.05, 0) is 45.2 Å². The second kappa shape index (κ2) is 6.62. The maximum atomic E-state index is 8.87. The molecule has 0 spiro atoms. The first-order valence-electron chi connectivity index (χ1n) is 5.63. The van der Waals surface area contributed by atoms with E-state index in [9.17, 15) is 0 Å². The third-order valence-corrected chi connectivity index (χ3v) is 2.87. The maximum Gasteiger partial charge on any atom is 0.0978 e. The summed E-state index contributed by atoms with van der Waals surface area (Å²) in [5.74, 6) is 0.